The Bertz CT molecular complexity index is 169. The van der Waals surface area contributed by atoms with Crippen LogP contribution in [0, 0.1) is 0 Å². The van der Waals surface area contributed by atoms with Crippen molar-refractivity contribution in [2.75, 3.05) is 0 Å². The molecule has 8 heteroatoms. The molecule has 0 bridgehead atoms. The molecule has 1 rings (SSSR count). The number of epoxide rings is 1. The largest absolute Gasteiger partial charge is 1.00 e. The van der Waals surface area contributed by atoms with E-state index >= 15 is 0 Å². The minimum absolute atomic E-state index is 0. The fourth-order valence-corrected chi connectivity index (χ4v) is 1.18. The van der Waals surface area contributed by atoms with E-state index in [1.165, 1.54) is 6.92 Å². The molecule has 12 heavy (non-hydrogen) atoms. The smallest absolute Gasteiger partial charge is 0.681 e. The molecule has 1 saturated heterocycles. The summed E-state index contributed by atoms with van der Waals surface area (Å²) < 4.78 is 4.48. The summed E-state index contributed by atoms with van der Waals surface area (Å²) in [6, 6.07) is 0. The topological polar surface area (TPSA) is 98.8 Å². The van der Waals surface area contributed by atoms with Gasteiger partial charge in [-0.05, 0) is 6.92 Å². The average Bonchev–Trinajstić information content (AvgIpc) is 2.42. The molecule has 0 radical (unpaired) electrons. The van der Waals surface area contributed by atoms with Gasteiger partial charge in [-0.1, -0.05) is 7.94 Å². The molecule has 1 heterocycles. The van der Waals surface area contributed by atoms with E-state index in [2.05, 4.69) is 4.74 Å². The third-order valence-corrected chi connectivity index (χ3v) is 2.02. The summed E-state index contributed by atoms with van der Waals surface area (Å²) in [5, 5.41) is 0. The Kier molecular flexibility index (Phi) is 7.82. The van der Waals surface area contributed by atoms with Crippen LogP contribution in [0.4, 0.5) is 0 Å². The molecule has 0 unspecified atom stereocenters. The van der Waals surface area contributed by atoms with E-state index in [1.54, 1.807) is 0 Å². The first kappa shape index (κ1) is 16.4. The van der Waals surface area contributed by atoms with Crippen molar-refractivity contribution in [3.8, 4) is 0 Å². The van der Waals surface area contributed by atoms with Crippen molar-refractivity contribution in [2.24, 2.45) is 0 Å². The second kappa shape index (κ2) is 5.73. The number of hydrogen-bond acceptors (Lipinski definition) is 5. The molecule has 0 aromatic carbocycles. The van der Waals surface area contributed by atoms with Gasteiger partial charge in [0.1, 0.15) is 0 Å². The van der Waals surface area contributed by atoms with E-state index < -0.39 is 25.7 Å². The summed E-state index contributed by atoms with van der Waals surface area (Å²) in [5.74, 6) is 0. The summed E-state index contributed by atoms with van der Waals surface area (Å²) in [4.78, 5) is 40.4. The Hall–Kier alpha value is 1.94. The average molecular weight is 210 g/mol. The van der Waals surface area contributed by atoms with Crippen LogP contribution in [0.5, 0.6) is 0 Å². The molecule has 0 amide bonds. The van der Waals surface area contributed by atoms with Gasteiger partial charge in [0, 0.05) is 0 Å². The molecular formula is C4H5Na2O5P. The zero-order valence-corrected chi connectivity index (χ0v) is 12.0. The van der Waals surface area contributed by atoms with Gasteiger partial charge >= 0.3 is 59.1 Å². The van der Waals surface area contributed by atoms with Crippen LogP contribution in [0.15, 0.2) is 0 Å². The van der Waals surface area contributed by atoms with Crippen molar-refractivity contribution in [3.05, 3.63) is 0 Å². The monoisotopic (exact) mass is 210 g/mol. The Balaban J connectivity index is 0. The first-order valence-electron chi connectivity index (χ1n) is 2.65. The molecule has 0 N–H and O–H groups in total. The minimum Gasteiger partial charge on any atom is -0.681 e. The zero-order chi connectivity index (χ0) is 7.94. The molecule has 0 aliphatic carbocycles. The van der Waals surface area contributed by atoms with Gasteiger partial charge in [-0.25, -0.2) is 0 Å². The van der Waals surface area contributed by atoms with Gasteiger partial charge in [0.05, 0.1) is 6.10 Å². The van der Waals surface area contributed by atoms with Crippen molar-refractivity contribution >= 4 is 13.5 Å². The second-order valence-electron chi connectivity index (χ2n) is 2.10. The summed E-state index contributed by atoms with van der Waals surface area (Å²) in [6.45, 7) is 1.53. The molecule has 1 fully saturated rings. The van der Waals surface area contributed by atoms with Crippen LogP contribution >= 0.6 is 7.94 Å². The van der Waals surface area contributed by atoms with Gasteiger partial charge in [0.25, 0.3) is 5.52 Å². The number of ether oxygens (including phenoxy) is 1. The predicted octanol–water partition coefficient (Wildman–Crippen LogP) is -8.85. The molecule has 1 aliphatic rings. The normalized spacial score (nSPS) is 26.7. The predicted molar refractivity (Wildman–Crippen MR) is 26.3 cm³/mol. The fraction of sp³-hybridized carbons (Fsp3) is 0.750. The standard InChI is InChI=1S/C4H7O5P.2Na/c1-2-3(9-2)4(5)10(6,7)8;;/h2-3H,1H3,(H2,6,7,8);;/q;2*+1/p-2/t2-,3+;;/m1../s1. The summed E-state index contributed by atoms with van der Waals surface area (Å²) in [7, 11) is -5.05. The molecule has 0 aromatic heterocycles. The number of carbonyl (C=O) groups excluding carboxylic acids is 1. The van der Waals surface area contributed by atoms with Crippen molar-refractivity contribution < 1.29 is 83.3 Å². The Labute approximate surface area is 115 Å². The van der Waals surface area contributed by atoms with E-state index in [9.17, 15) is 19.5 Å². The second-order valence-corrected chi connectivity index (χ2v) is 3.53. The van der Waals surface area contributed by atoms with Crippen molar-refractivity contribution in [3.63, 3.8) is 0 Å². The summed E-state index contributed by atoms with van der Waals surface area (Å²) in [5.41, 5.74) is -1.33. The summed E-state index contributed by atoms with van der Waals surface area (Å²) in [6.07, 6.45) is -1.41. The summed E-state index contributed by atoms with van der Waals surface area (Å²) >= 11 is 0. The quantitative estimate of drug-likeness (QED) is 0.256. The molecule has 2 atom stereocenters. The maximum atomic E-state index is 10.4. The van der Waals surface area contributed by atoms with E-state index in [0.29, 0.717) is 0 Å². The van der Waals surface area contributed by atoms with Crippen LogP contribution in [0.3, 0.4) is 0 Å². The first-order valence-corrected chi connectivity index (χ1v) is 4.19. The third-order valence-electron chi connectivity index (χ3n) is 1.22. The van der Waals surface area contributed by atoms with E-state index in [1.807, 2.05) is 0 Å². The third kappa shape index (κ3) is 4.44. The van der Waals surface area contributed by atoms with Crippen molar-refractivity contribution in [1.82, 2.24) is 0 Å². The van der Waals surface area contributed by atoms with Crippen LogP contribution in [0.25, 0.3) is 0 Å². The Morgan fingerprint density at radius 3 is 1.75 bits per heavy atom. The number of hydrogen-bond donors (Lipinski definition) is 0. The molecule has 58 valence electrons. The fourth-order valence-electron chi connectivity index (χ4n) is 0.601. The van der Waals surface area contributed by atoms with Gasteiger partial charge in [-0.2, -0.15) is 0 Å². The van der Waals surface area contributed by atoms with Gasteiger partial charge in [-0.15, -0.1) is 0 Å². The van der Waals surface area contributed by atoms with Crippen molar-refractivity contribution in [2.45, 2.75) is 19.1 Å². The van der Waals surface area contributed by atoms with Crippen LogP contribution in [0.1, 0.15) is 6.92 Å². The molecule has 0 aromatic rings. The maximum absolute atomic E-state index is 10.4. The van der Waals surface area contributed by atoms with Gasteiger partial charge in [0.2, 0.25) is 0 Å². The van der Waals surface area contributed by atoms with Crippen LogP contribution in [0.2, 0.25) is 0 Å². The van der Waals surface area contributed by atoms with Gasteiger partial charge in [0.15, 0.2) is 6.10 Å². The molecule has 1 aliphatic heterocycles. The van der Waals surface area contributed by atoms with Crippen molar-refractivity contribution in [1.29, 1.82) is 0 Å². The van der Waals surface area contributed by atoms with E-state index in [0.717, 1.165) is 0 Å². The van der Waals surface area contributed by atoms with Crippen LogP contribution < -0.4 is 73.8 Å². The van der Waals surface area contributed by atoms with Gasteiger partial charge in [-0.3, -0.25) is 4.79 Å². The molecule has 0 spiro atoms. The SMILES string of the molecule is C[C@H]1O[C@@H]1C(=O)[P+]([O-])([O-])[O-].[Na+].[Na+]. The number of rotatable bonds is 2. The zero-order valence-electron chi connectivity index (χ0n) is 7.14. The number of carbonyl (C=O) groups is 1. The molecular weight excluding hydrogens is 205 g/mol. The van der Waals surface area contributed by atoms with Crippen LogP contribution in [-0.4, -0.2) is 17.7 Å². The first-order chi connectivity index (χ1) is 4.43. The molecule has 0 saturated carbocycles. The van der Waals surface area contributed by atoms with Crippen LogP contribution in [-0.2, 0) is 9.53 Å². The maximum Gasteiger partial charge on any atom is 1.00 e. The molecule has 5 nitrogen and oxygen atoms in total. The Morgan fingerprint density at radius 1 is 1.33 bits per heavy atom. The minimum atomic E-state index is -5.05. The van der Waals surface area contributed by atoms with E-state index in [4.69, 9.17) is 0 Å². The van der Waals surface area contributed by atoms with Gasteiger partial charge < -0.3 is 19.4 Å². The Morgan fingerprint density at radius 2 is 1.67 bits per heavy atom. The van der Waals surface area contributed by atoms with E-state index in [-0.39, 0.29) is 59.1 Å².